The average molecular weight is 547 g/mol. The number of ether oxygens (including phenoxy) is 1. The molecule has 0 spiro atoms. The highest BCUT2D eigenvalue weighted by molar-refractivity contribution is 7.98. The van der Waals surface area contributed by atoms with Crippen LogP contribution in [0.4, 0.5) is 11.4 Å². The predicted octanol–water partition coefficient (Wildman–Crippen LogP) is 6.35. The molecule has 1 aliphatic heterocycles. The molecule has 1 N–H and O–H groups in total. The van der Waals surface area contributed by atoms with Gasteiger partial charge in [0.1, 0.15) is 0 Å². The number of nitrogens with one attached hydrogen (secondary N) is 1. The summed E-state index contributed by atoms with van der Waals surface area (Å²) in [6.07, 6.45) is 7.89. The Bertz CT molecular complexity index is 1130. The summed E-state index contributed by atoms with van der Waals surface area (Å²) >= 11 is 1.59. The maximum absolute atomic E-state index is 14.1. The largest absolute Gasteiger partial charge is 0.465 e. The molecule has 0 saturated heterocycles. The van der Waals surface area contributed by atoms with E-state index in [2.05, 4.69) is 36.2 Å². The molecule has 37 heavy (non-hydrogen) atoms. The monoisotopic (exact) mass is 546 g/mol. The molecule has 0 amide bonds. The number of para-hydroxylation sites is 1. The minimum absolute atomic E-state index is 0.0821. The van der Waals surface area contributed by atoms with Crippen LogP contribution in [0.2, 0.25) is 0 Å². The fourth-order valence-corrected chi connectivity index (χ4v) is 7.98. The molecule has 0 aliphatic carbocycles. The molecule has 1 aliphatic rings. The average Bonchev–Trinajstić information content (AvgIpc) is 2.98. The smallest absolute Gasteiger partial charge is 0.319 e. The number of carbonyl (C=O) groups excluding carboxylic acids is 1. The third kappa shape index (κ3) is 7.52. The van der Waals surface area contributed by atoms with Crippen LogP contribution in [0, 0.1) is 5.41 Å². The SMILES string of the molecule is CCCCC1(CCCC)CN(c2ccccc2)c2cc(SC)c(CNCC(=O)OCC)cc2S(=O)(=O)C1. The standard InChI is InChI=1S/C29H42N2O4S2/c1-5-8-15-29(16-9-6-2)21-31(24-13-11-10-12-14-24)25-18-26(36-4)23(17-27(25)37(33,34)22-29)19-30-20-28(32)35-7-3/h10-14,17-18,30H,5-9,15-16,19-22H2,1-4H3. The number of carbonyl (C=O) groups is 1. The van der Waals surface area contributed by atoms with E-state index in [1.54, 1.807) is 18.7 Å². The van der Waals surface area contributed by atoms with Crippen LogP contribution in [0.3, 0.4) is 0 Å². The van der Waals surface area contributed by atoms with Crippen molar-refractivity contribution in [2.45, 2.75) is 75.6 Å². The van der Waals surface area contributed by atoms with Crippen molar-refractivity contribution in [1.29, 1.82) is 0 Å². The number of hydrogen-bond acceptors (Lipinski definition) is 7. The number of sulfone groups is 1. The Morgan fingerprint density at radius 2 is 1.76 bits per heavy atom. The fourth-order valence-electron chi connectivity index (χ4n) is 5.21. The molecule has 2 aromatic carbocycles. The molecule has 0 unspecified atom stereocenters. The molecule has 0 saturated carbocycles. The highest BCUT2D eigenvalue weighted by Crippen LogP contribution is 2.46. The van der Waals surface area contributed by atoms with Gasteiger partial charge in [-0.2, -0.15) is 0 Å². The maximum atomic E-state index is 14.1. The molecule has 0 fully saturated rings. The fraction of sp³-hybridized carbons (Fsp3) is 0.552. The lowest BCUT2D eigenvalue weighted by Crippen LogP contribution is -2.38. The minimum atomic E-state index is -3.56. The minimum Gasteiger partial charge on any atom is -0.465 e. The van der Waals surface area contributed by atoms with Gasteiger partial charge >= 0.3 is 5.97 Å². The summed E-state index contributed by atoms with van der Waals surface area (Å²) in [4.78, 5) is 15.4. The Balaban J connectivity index is 2.12. The van der Waals surface area contributed by atoms with Crippen molar-refractivity contribution >= 4 is 38.9 Å². The lowest BCUT2D eigenvalue weighted by atomic mass is 9.79. The normalized spacial score (nSPS) is 16.2. The van der Waals surface area contributed by atoms with Crippen molar-refractivity contribution in [2.75, 3.05) is 36.6 Å². The second-order valence-corrected chi connectivity index (χ2v) is 12.7. The van der Waals surface area contributed by atoms with E-state index in [4.69, 9.17) is 4.74 Å². The number of thioether (sulfide) groups is 1. The van der Waals surface area contributed by atoms with Crippen molar-refractivity contribution in [3.63, 3.8) is 0 Å². The molecule has 0 aromatic heterocycles. The number of fused-ring (bicyclic) bond motifs is 1. The summed E-state index contributed by atoms with van der Waals surface area (Å²) in [6.45, 7) is 7.60. The van der Waals surface area contributed by atoms with Gasteiger partial charge in [0, 0.05) is 29.1 Å². The van der Waals surface area contributed by atoms with Crippen LogP contribution >= 0.6 is 11.8 Å². The molecular weight excluding hydrogens is 504 g/mol. The highest BCUT2D eigenvalue weighted by Gasteiger charge is 2.42. The van der Waals surface area contributed by atoms with Crippen molar-refractivity contribution in [1.82, 2.24) is 5.32 Å². The summed E-state index contributed by atoms with van der Waals surface area (Å²) in [7, 11) is -3.56. The van der Waals surface area contributed by atoms with Crippen molar-refractivity contribution in [2.24, 2.45) is 5.41 Å². The predicted molar refractivity (Wildman–Crippen MR) is 154 cm³/mol. The van der Waals surface area contributed by atoms with Crippen LogP contribution < -0.4 is 10.2 Å². The summed E-state index contributed by atoms with van der Waals surface area (Å²) in [5.41, 5.74) is 2.32. The second-order valence-electron chi connectivity index (χ2n) is 9.93. The Morgan fingerprint density at radius 1 is 1.08 bits per heavy atom. The lowest BCUT2D eigenvalue weighted by Gasteiger charge is -2.37. The Morgan fingerprint density at radius 3 is 2.35 bits per heavy atom. The first kappa shape index (κ1) is 29.5. The molecule has 8 heteroatoms. The van der Waals surface area contributed by atoms with E-state index in [0.29, 0.717) is 24.6 Å². The molecule has 1 heterocycles. The zero-order valence-electron chi connectivity index (χ0n) is 22.7. The molecule has 0 radical (unpaired) electrons. The van der Waals surface area contributed by atoms with Gasteiger partial charge < -0.3 is 15.0 Å². The Kier molecular flexibility index (Phi) is 10.9. The summed E-state index contributed by atoms with van der Waals surface area (Å²) in [5, 5.41) is 3.13. The van der Waals surface area contributed by atoms with Gasteiger partial charge in [0.2, 0.25) is 0 Å². The molecular formula is C29H42N2O4S2. The summed E-state index contributed by atoms with van der Waals surface area (Å²) in [5.74, 6) is -0.160. The number of nitrogens with zero attached hydrogens (tertiary/aromatic N) is 1. The Labute approximate surface area is 227 Å². The van der Waals surface area contributed by atoms with Crippen LogP contribution in [-0.2, 0) is 25.9 Å². The van der Waals surface area contributed by atoms with Gasteiger partial charge in [0.25, 0.3) is 0 Å². The quantitative estimate of drug-likeness (QED) is 0.232. The first-order valence-electron chi connectivity index (χ1n) is 13.4. The van der Waals surface area contributed by atoms with Gasteiger partial charge in [-0.25, -0.2) is 8.42 Å². The maximum Gasteiger partial charge on any atom is 0.319 e. The van der Waals surface area contributed by atoms with Crippen molar-refractivity contribution in [3.05, 3.63) is 48.0 Å². The van der Waals surface area contributed by atoms with Gasteiger partial charge in [-0.3, -0.25) is 4.79 Å². The summed E-state index contributed by atoms with van der Waals surface area (Å²) < 4.78 is 33.2. The van der Waals surface area contributed by atoms with Gasteiger partial charge in [-0.05, 0) is 55.9 Å². The van der Waals surface area contributed by atoms with Gasteiger partial charge in [0.15, 0.2) is 9.84 Å². The van der Waals surface area contributed by atoms with E-state index in [1.165, 1.54) is 0 Å². The van der Waals surface area contributed by atoms with E-state index in [0.717, 1.165) is 60.4 Å². The molecule has 204 valence electrons. The van der Waals surface area contributed by atoms with Crippen LogP contribution in [0.25, 0.3) is 0 Å². The van der Waals surface area contributed by atoms with Crippen molar-refractivity contribution < 1.29 is 17.9 Å². The first-order valence-corrected chi connectivity index (χ1v) is 16.3. The van der Waals surface area contributed by atoms with Crippen LogP contribution in [0.15, 0.2) is 52.3 Å². The van der Waals surface area contributed by atoms with E-state index < -0.39 is 9.84 Å². The van der Waals surface area contributed by atoms with Crippen LogP contribution in [0.5, 0.6) is 0 Å². The van der Waals surface area contributed by atoms with Gasteiger partial charge in [0.05, 0.1) is 29.5 Å². The number of unbranched alkanes of at least 4 members (excludes halogenated alkanes) is 2. The van der Waals surface area contributed by atoms with E-state index in [9.17, 15) is 13.2 Å². The van der Waals surface area contributed by atoms with E-state index in [1.807, 2.05) is 36.6 Å². The topological polar surface area (TPSA) is 75.7 Å². The molecule has 0 atom stereocenters. The molecule has 6 nitrogen and oxygen atoms in total. The number of benzene rings is 2. The molecule has 0 bridgehead atoms. The number of hydrogen-bond donors (Lipinski definition) is 1. The molecule has 2 aromatic rings. The van der Waals surface area contributed by atoms with Gasteiger partial charge in [-0.1, -0.05) is 57.7 Å². The zero-order chi connectivity index (χ0) is 26.9. The van der Waals surface area contributed by atoms with Crippen LogP contribution in [-0.4, -0.2) is 46.1 Å². The number of rotatable bonds is 13. The summed E-state index contributed by atoms with van der Waals surface area (Å²) in [6, 6.07) is 14.0. The van der Waals surface area contributed by atoms with Gasteiger partial charge in [-0.15, -0.1) is 11.8 Å². The van der Waals surface area contributed by atoms with Crippen molar-refractivity contribution in [3.8, 4) is 0 Å². The van der Waals surface area contributed by atoms with E-state index in [-0.39, 0.29) is 23.7 Å². The third-order valence-corrected chi connectivity index (χ3v) is 9.87. The highest BCUT2D eigenvalue weighted by atomic mass is 32.2. The number of esters is 1. The Hall–Kier alpha value is -2.03. The third-order valence-electron chi connectivity index (χ3n) is 7.06. The lowest BCUT2D eigenvalue weighted by molar-refractivity contribution is -0.142. The second kappa shape index (κ2) is 13.7. The molecule has 3 rings (SSSR count). The van der Waals surface area contributed by atoms with E-state index >= 15 is 0 Å². The first-order chi connectivity index (χ1) is 17.8. The number of anilines is 2. The van der Waals surface area contributed by atoms with Crippen LogP contribution in [0.1, 0.15) is 64.9 Å². The zero-order valence-corrected chi connectivity index (χ0v) is 24.3.